The summed E-state index contributed by atoms with van der Waals surface area (Å²) in [5.74, 6) is -4.51. The van der Waals surface area contributed by atoms with Crippen molar-refractivity contribution in [1.29, 1.82) is 0 Å². The Labute approximate surface area is 224 Å². The summed E-state index contributed by atoms with van der Waals surface area (Å²) in [4.78, 5) is 40.0. The fourth-order valence-corrected chi connectivity index (χ4v) is 6.04. The van der Waals surface area contributed by atoms with E-state index in [-0.39, 0.29) is 52.6 Å². The quantitative estimate of drug-likeness (QED) is 0.302. The van der Waals surface area contributed by atoms with Gasteiger partial charge in [-0.15, -0.1) is 0 Å². The van der Waals surface area contributed by atoms with Crippen LogP contribution in [-0.2, 0) is 19.0 Å². The largest absolute Gasteiger partial charge is 0.507 e. The summed E-state index contributed by atoms with van der Waals surface area (Å²) in [6.45, 7) is 3.31. The molecule has 0 bridgehead atoms. The van der Waals surface area contributed by atoms with E-state index in [1.54, 1.807) is 13.8 Å². The van der Waals surface area contributed by atoms with E-state index >= 15 is 0 Å². The van der Waals surface area contributed by atoms with Crippen LogP contribution in [-0.4, -0.2) is 75.2 Å². The van der Waals surface area contributed by atoms with Crippen molar-refractivity contribution in [3.63, 3.8) is 0 Å². The van der Waals surface area contributed by atoms with Crippen LogP contribution in [0.2, 0.25) is 0 Å². The highest BCUT2D eigenvalue weighted by Gasteiger charge is 2.53. The van der Waals surface area contributed by atoms with Crippen molar-refractivity contribution in [2.24, 2.45) is 5.73 Å². The first-order valence-electron chi connectivity index (χ1n) is 12.8. The third-order valence-electron chi connectivity index (χ3n) is 8.18. The number of aromatic hydroxyl groups is 2. The lowest BCUT2D eigenvalue weighted by molar-refractivity contribution is -0.248. The molecule has 1 saturated heterocycles. The fourth-order valence-electron chi connectivity index (χ4n) is 6.04. The average Bonchev–Trinajstić information content (AvgIpc) is 2.89. The van der Waals surface area contributed by atoms with Crippen molar-refractivity contribution in [3.05, 3.63) is 57.6 Å². The lowest BCUT2D eigenvalue weighted by Gasteiger charge is -2.45. The molecule has 0 spiro atoms. The van der Waals surface area contributed by atoms with Crippen LogP contribution in [0.1, 0.15) is 88.1 Å². The van der Waals surface area contributed by atoms with Gasteiger partial charge in [0.1, 0.15) is 17.4 Å². The number of fused-ring (bicyclic) bond motifs is 3. The summed E-state index contributed by atoms with van der Waals surface area (Å²) in [7, 11) is 1.16. The monoisotopic (exact) mass is 541 g/mol. The number of nitrogens with two attached hydrogens (primary N) is 1. The highest BCUT2D eigenvalue weighted by molar-refractivity contribution is 6.30. The van der Waals surface area contributed by atoms with Gasteiger partial charge in [-0.25, -0.2) is 0 Å². The lowest BCUT2D eigenvalue weighted by atomic mass is 9.67. The number of ether oxygens (including phenoxy) is 3. The number of esters is 1. The van der Waals surface area contributed by atoms with Crippen molar-refractivity contribution in [2.75, 3.05) is 7.11 Å². The Morgan fingerprint density at radius 3 is 2.54 bits per heavy atom. The van der Waals surface area contributed by atoms with Gasteiger partial charge >= 0.3 is 5.97 Å². The molecule has 1 heterocycles. The van der Waals surface area contributed by atoms with Crippen LogP contribution in [0.3, 0.4) is 0 Å². The molecule has 0 aromatic heterocycles. The van der Waals surface area contributed by atoms with Crippen LogP contribution in [0, 0.1) is 0 Å². The summed E-state index contributed by atoms with van der Waals surface area (Å²) in [5, 5.41) is 43.8. The van der Waals surface area contributed by atoms with Gasteiger partial charge in [0, 0.05) is 35.6 Å². The van der Waals surface area contributed by atoms with Crippen LogP contribution >= 0.6 is 0 Å². The molecule has 11 heteroatoms. The Hall–Kier alpha value is -3.35. The van der Waals surface area contributed by atoms with Crippen LogP contribution < -0.4 is 5.73 Å². The molecule has 2 aromatic rings. The number of aliphatic hydroxyl groups excluding tert-OH is 1. The Balaban J connectivity index is 1.71. The zero-order valence-corrected chi connectivity index (χ0v) is 21.7. The minimum Gasteiger partial charge on any atom is -0.507 e. The summed E-state index contributed by atoms with van der Waals surface area (Å²) in [6, 6.07) is 4.73. The van der Waals surface area contributed by atoms with E-state index in [1.165, 1.54) is 24.3 Å². The van der Waals surface area contributed by atoms with Gasteiger partial charge < -0.3 is 40.4 Å². The number of aliphatic hydroxyl groups is 2. The number of ketones is 2. The molecule has 0 saturated carbocycles. The van der Waals surface area contributed by atoms with Gasteiger partial charge in [0.2, 0.25) is 5.78 Å². The smallest absolute Gasteiger partial charge is 0.316 e. The molecular weight excluding hydrogens is 510 g/mol. The maximum atomic E-state index is 13.5. The highest BCUT2D eigenvalue weighted by atomic mass is 16.7. The number of benzene rings is 2. The maximum Gasteiger partial charge on any atom is 0.316 e. The minimum atomic E-state index is -1.70. The van der Waals surface area contributed by atoms with Crippen molar-refractivity contribution in [2.45, 2.75) is 75.3 Å². The first kappa shape index (κ1) is 27.2. The molecule has 11 nitrogen and oxygen atoms in total. The third-order valence-corrected chi connectivity index (χ3v) is 8.18. The Bertz CT molecular complexity index is 1360. The van der Waals surface area contributed by atoms with Gasteiger partial charge in [-0.2, -0.15) is 0 Å². The van der Waals surface area contributed by atoms with Gasteiger partial charge in [-0.05, 0) is 31.0 Å². The summed E-state index contributed by atoms with van der Waals surface area (Å²) in [5.41, 5.74) is 3.67. The number of phenols is 2. The van der Waals surface area contributed by atoms with Gasteiger partial charge in [0.25, 0.3) is 0 Å². The molecule has 2 aliphatic carbocycles. The standard InChI is InChI=1S/C28H31NO10/c1-4-28(36)10-17(39-18-9-15(29)23(31)11(2)38-18)20-13(22(28)27(35)37-3)8-14-21(26(20)34)25(33)19-12(24(14)32)6-5-7-16(19)30/h5-8,11,15,17-18,22-23,30-31,34,36H,4,9-10,29H2,1-3H3/t11?,15?,17-,18?,22-,23?,28+/m0/s1. The van der Waals surface area contributed by atoms with Crippen molar-refractivity contribution < 1.29 is 49.0 Å². The number of hydrogen-bond acceptors (Lipinski definition) is 11. The number of methoxy groups -OCH3 is 1. The molecule has 208 valence electrons. The summed E-state index contributed by atoms with van der Waals surface area (Å²) in [6.07, 6.45) is -3.60. The zero-order chi connectivity index (χ0) is 28.4. The van der Waals surface area contributed by atoms with E-state index in [0.29, 0.717) is 0 Å². The first-order chi connectivity index (χ1) is 18.4. The fraction of sp³-hybridized carbons (Fsp3) is 0.464. The second-order valence-electron chi connectivity index (χ2n) is 10.4. The summed E-state index contributed by atoms with van der Waals surface area (Å²) < 4.78 is 17.0. The number of carbonyl (C=O) groups excluding carboxylic acids is 3. The molecule has 2 aromatic carbocycles. The van der Waals surface area contributed by atoms with Gasteiger partial charge in [-0.3, -0.25) is 14.4 Å². The first-order valence-corrected chi connectivity index (χ1v) is 12.8. The van der Waals surface area contributed by atoms with Crippen molar-refractivity contribution in [3.8, 4) is 11.5 Å². The Kier molecular flexibility index (Phi) is 6.76. The molecule has 5 rings (SSSR count). The average molecular weight is 542 g/mol. The molecule has 0 radical (unpaired) electrons. The van der Waals surface area contributed by atoms with E-state index in [0.717, 1.165) is 7.11 Å². The van der Waals surface area contributed by atoms with E-state index in [1.807, 2.05) is 0 Å². The molecule has 7 atom stereocenters. The van der Waals surface area contributed by atoms with Crippen molar-refractivity contribution >= 4 is 17.5 Å². The van der Waals surface area contributed by atoms with E-state index in [9.17, 15) is 34.8 Å². The van der Waals surface area contributed by atoms with E-state index in [2.05, 4.69) is 0 Å². The predicted octanol–water partition coefficient (Wildman–Crippen LogP) is 1.56. The third kappa shape index (κ3) is 4.12. The van der Waals surface area contributed by atoms with Crippen LogP contribution in [0.5, 0.6) is 11.5 Å². The molecule has 1 aliphatic heterocycles. The zero-order valence-electron chi connectivity index (χ0n) is 21.7. The predicted molar refractivity (Wildman–Crippen MR) is 134 cm³/mol. The van der Waals surface area contributed by atoms with E-state index in [4.69, 9.17) is 19.9 Å². The number of rotatable bonds is 4. The van der Waals surface area contributed by atoms with Gasteiger partial charge in [-0.1, -0.05) is 19.1 Å². The second kappa shape index (κ2) is 9.68. The lowest BCUT2D eigenvalue weighted by Crippen LogP contribution is -2.52. The normalized spacial score (nSPS) is 31.7. The summed E-state index contributed by atoms with van der Waals surface area (Å²) >= 11 is 0. The highest BCUT2D eigenvalue weighted by Crippen LogP contribution is 2.53. The molecule has 6 N–H and O–H groups in total. The molecule has 0 amide bonds. The van der Waals surface area contributed by atoms with Crippen molar-refractivity contribution in [1.82, 2.24) is 0 Å². The number of phenolic OH excluding ortho intramolecular Hbond substituents is 2. The Morgan fingerprint density at radius 2 is 1.90 bits per heavy atom. The van der Waals surface area contributed by atoms with Gasteiger partial charge in [0.15, 0.2) is 12.1 Å². The van der Waals surface area contributed by atoms with E-state index < -0.39 is 71.2 Å². The van der Waals surface area contributed by atoms with Crippen LogP contribution in [0.4, 0.5) is 0 Å². The van der Waals surface area contributed by atoms with Crippen LogP contribution in [0.25, 0.3) is 0 Å². The Morgan fingerprint density at radius 1 is 1.18 bits per heavy atom. The number of carbonyl (C=O) groups is 3. The minimum absolute atomic E-state index is 0.0262. The molecular formula is C28H31NO10. The molecule has 4 unspecified atom stereocenters. The van der Waals surface area contributed by atoms with Crippen LogP contribution in [0.15, 0.2) is 24.3 Å². The molecule has 3 aliphatic rings. The topological polar surface area (TPSA) is 186 Å². The molecule has 39 heavy (non-hydrogen) atoms. The number of hydrogen-bond donors (Lipinski definition) is 5. The SMILES string of the molecule is CC[C@@]1(O)C[C@H](OC2CC(N)C(O)C(C)O2)c2c(cc3c(c2O)C(=O)c2c(O)cccc2C3=O)[C@H]1C(=O)OC. The molecule has 1 fully saturated rings. The van der Waals surface area contributed by atoms with Gasteiger partial charge in [0.05, 0.1) is 42.1 Å². The maximum absolute atomic E-state index is 13.5. The second-order valence-corrected chi connectivity index (χ2v) is 10.4.